The van der Waals surface area contributed by atoms with E-state index in [1.165, 1.54) is 10.5 Å². The van der Waals surface area contributed by atoms with Crippen molar-refractivity contribution in [1.82, 2.24) is 10.3 Å². The molecule has 176 valence electrons. The Balaban J connectivity index is 1.32. The number of rotatable bonds is 8. The van der Waals surface area contributed by atoms with Crippen LogP contribution < -0.4 is 15.0 Å². The van der Waals surface area contributed by atoms with E-state index in [4.69, 9.17) is 9.47 Å². The zero-order valence-corrected chi connectivity index (χ0v) is 20.4. The lowest BCUT2D eigenvalue weighted by Gasteiger charge is -2.31. The van der Waals surface area contributed by atoms with Crippen molar-refractivity contribution in [3.8, 4) is 5.75 Å². The number of nitrogens with zero attached hydrogens (tertiary/aromatic N) is 2. The second-order valence-corrected chi connectivity index (χ2v) is 9.66. The molecule has 1 fully saturated rings. The largest absolute Gasteiger partial charge is 0.488 e. The first-order chi connectivity index (χ1) is 16.6. The molecule has 1 saturated carbocycles. The molecule has 34 heavy (non-hydrogen) atoms. The predicted octanol–water partition coefficient (Wildman–Crippen LogP) is 4.77. The van der Waals surface area contributed by atoms with E-state index in [9.17, 15) is 4.79 Å². The van der Waals surface area contributed by atoms with Crippen LogP contribution in [-0.4, -0.2) is 37.4 Å². The molecule has 1 aromatic heterocycles. The molecule has 1 amide bonds. The van der Waals surface area contributed by atoms with Crippen molar-refractivity contribution in [2.45, 2.75) is 36.4 Å². The maximum absolute atomic E-state index is 13.1. The number of aromatic nitrogens is 1. The van der Waals surface area contributed by atoms with Crippen LogP contribution in [0.5, 0.6) is 5.75 Å². The number of carbonyl (C=O) groups is 1. The average molecular weight is 476 g/mol. The van der Waals surface area contributed by atoms with Gasteiger partial charge in [0, 0.05) is 24.7 Å². The van der Waals surface area contributed by atoms with Crippen molar-refractivity contribution >= 4 is 23.5 Å². The van der Waals surface area contributed by atoms with Crippen LogP contribution in [0.15, 0.2) is 65.7 Å². The van der Waals surface area contributed by atoms with Gasteiger partial charge < -0.3 is 19.7 Å². The van der Waals surface area contributed by atoms with Crippen LogP contribution >= 0.6 is 11.8 Å². The number of fused-ring (bicyclic) bond motifs is 1. The first kappa shape index (κ1) is 22.7. The molecular formula is C27H29N3O3S. The summed E-state index contributed by atoms with van der Waals surface area (Å²) < 4.78 is 11.3. The summed E-state index contributed by atoms with van der Waals surface area (Å²) >= 11 is 1.72. The first-order valence-corrected chi connectivity index (χ1v) is 12.7. The molecule has 6 nitrogen and oxygen atoms in total. The molecule has 0 spiro atoms. The summed E-state index contributed by atoms with van der Waals surface area (Å²) in [6, 6.07) is 18.5. The van der Waals surface area contributed by atoms with Gasteiger partial charge in [-0.05, 0) is 54.0 Å². The van der Waals surface area contributed by atoms with Crippen molar-refractivity contribution in [3.63, 3.8) is 0 Å². The topological polar surface area (TPSA) is 63.7 Å². The highest BCUT2D eigenvalue weighted by Gasteiger charge is 2.45. The van der Waals surface area contributed by atoms with E-state index >= 15 is 0 Å². The Morgan fingerprint density at radius 1 is 1.18 bits per heavy atom. The highest BCUT2D eigenvalue weighted by molar-refractivity contribution is 7.98. The molecule has 2 aliphatic rings. The zero-order valence-electron chi connectivity index (χ0n) is 19.5. The van der Waals surface area contributed by atoms with Crippen molar-refractivity contribution in [3.05, 3.63) is 83.0 Å². The number of nitrogens with one attached hydrogen (secondary N) is 1. The van der Waals surface area contributed by atoms with E-state index in [-0.39, 0.29) is 11.4 Å². The molecular weight excluding hydrogens is 446 g/mol. The quantitative estimate of drug-likeness (QED) is 0.474. The first-order valence-electron chi connectivity index (χ1n) is 11.5. The van der Waals surface area contributed by atoms with Gasteiger partial charge in [0.2, 0.25) is 0 Å². The smallest absolute Gasteiger partial charge is 0.253 e. The van der Waals surface area contributed by atoms with Gasteiger partial charge in [-0.3, -0.25) is 4.79 Å². The third-order valence-corrected chi connectivity index (χ3v) is 7.28. The fraction of sp³-hybridized carbons (Fsp3) is 0.333. The van der Waals surface area contributed by atoms with Crippen LogP contribution in [0.4, 0.5) is 5.82 Å². The third-order valence-electron chi connectivity index (χ3n) is 6.54. The molecule has 0 bridgehead atoms. The van der Waals surface area contributed by atoms with Gasteiger partial charge in [-0.25, -0.2) is 4.98 Å². The lowest BCUT2D eigenvalue weighted by molar-refractivity contribution is 0.0930. The molecule has 1 aliphatic carbocycles. The van der Waals surface area contributed by atoms with Crippen LogP contribution in [0.1, 0.15) is 39.9 Å². The minimum absolute atomic E-state index is 0.118. The van der Waals surface area contributed by atoms with E-state index < -0.39 is 0 Å². The minimum Gasteiger partial charge on any atom is -0.488 e. The Hall–Kier alpha value is -3.03. The normalized spacial score (nSPS) is 15.9. The lowest BCUT2D eigenvalue weighted by atomic mass is 10.0. The second-order valence-electron chi connectivity index (χ2n) is 8.78. The van der Waals surface area contributed by atoms with Crippen LogP contribution in [-0.2, 0) is 23.4 Å². The Morgan fingerprint density at radius 3 is 2.65 bits per heavy atom. The van der Waals surface area contributed by atoms with Gasteiger partial charge >= 0.3 is 0 Å². The molecule has 0 atom stereocenters. The number of hydrogen-bond acceptors (Lipinski definition) is 6. The number of thioether (sulfide) groups is 1. The lowest BCUT2D eigenvalue weighted by Crippen LogP contribution is -2.36. The van der Waals surface area contributed by atoms with E-state index in [1.807, 2.05) is 18.2 Å². The number of benzene rings is 2. The maximum atomic E-state index is 13.1. The Labute approximate surface area is 204 Å². The SMILES string of the molecule is COCc1ccccc1CN1CCOc2cc(C(=O)NC3(c4ccc(SC)cc4)CC3)cnc21. The average Bonchev–Trinajstić information content (AvgIpc) is 3.66. The van der Waals surface area contributed by atoms with Crippen molar-refractivity contribution in [2.24, 2.45) is 0 Å². The summed E-state index contributed by atoms with van der Waals surface area (Å²) in [5.41, 5.74) is 3.76. The number of pyridine rings is 1. The number of amides is 1. The van der Waals surface area contributed by atoms with Gasteiger partial charge in [0.05, 0.1) is 24.3 Å². The minimum atomic E-state index is -0.276. The van der Waals surface area contributed by atoms with Gasteiger partial charge in [0.25, 0.3) is 5.91 Å². The molecule has 5 rings (SSSR count). The predicted molar refractivity (Wildman–Crippen MR) is 135 cm³/mol. The Bertz CT molecular complexity index is 1180. The van der Waals surface area contributed by atoms with Gasteiger partial charge in [0.15, 0.2) is 11.6 Å². The van der Waals surface area contributed by atoms with Gasteiger partial charge in [-0.1, -0.05) is 36.4 Å². The van der Waals surface area contributed by atoms with Gasteiger partial charge in [-0.2, -0.15) is 0 Å². The van der Waals surface area contributed by atoms with Crippen LogP contribution in [0.25, 0.3) is 0 Å². The van der Waals surface area contributed by atoms with Gasteiger partial charge in [0.1, 0.15) is 6.61 Å². The summed E-state index contributed by atoms with van der Waals surface area (Å²) in [5.74, 6) is 1.30. The third kappa shape index (κ3) is 4.63. The molecule has 3 aromatic rings. The highest BCUT2D eigenvalue weighted by Crippen LogP contribution is 2.46. The number of methoxy groups -OCH3 is 1. The Morgan fingerprint density at radius 2 is 1.94 bits per heavy atom. The highest BCUT2D eigenvalue weighted by atomic mass is 32.2. The summed E-state index contributed by atoms with van der Waals surface area (Å²) in [7, 11) is 1.71. The number of anilines is 1. The fourth-order valence-corrected chi connectivity index (χ4v) is 4.86. The summed E-state index contributed by atoms with van der Waals surface area (Å²) in [4.78, 5) is 21.2. The maximum Gasteiger partial charge on any atom is 0.253 e. The molecule has 2 heterocycles. The number of ether oxygens (including phenoxy) is 2. The van der Waals surface area contributed by atoms with Crippen molar-refractivity contribution < 1.29 is 14.3 Å². The molecule has 2 aromatic carbocycles. The van der Waals surface area contributed by atoms with Crippen LogP contribution in [0.3, 0.4) is 0 Å². The standard InChI is InChI=1S/C27H29N3O3S/c1-32-18-20-6-4-3-5-19(20)17-30-13-14-33-24-15-21(16-28-25(24)30)26(31)29-27(11-12-27)22-7-9-23(34-2)10-8-22/h3-10,15-16H,11-14,17-18H2,1-2H3,(H,29,31). The molecule has 1 N–H and O–H groups in total. The van der Waals surface area contributed by atoms with E-state index in [0.29, 0.717) is 31.1 Å². The summed E-state index contributed by atoms with van der Waals surface area (Å²) in [6.07, 6.45) is 5.61. The number of hydrogen-bond donors (Lipinski definition) is 1. The summed E-state index contributed by atoms with van der Waals surface area (Å²) in [5, 5.41) is 3.25. The van der Waals surface area contributed by atoms with Gasteiger partial charge in [-0.15, -0.1) is 11.8 Å². The molecule has 0 saturated heterocycles. The molecule has 0 radical (unpaired) electrons. The molecule has 1 aliphatic heterocycles. The van der Waals surface area contributed by atoms with Crippen LogP contribution in [0.2, 0.25) is 0 Å². The van der Waals surface area contributed by atoms with E-state index in [1.54, 1.807) is 25.1 Å². The second kappa shape index (κ2) is 9.68. The van der Waals surface area contributed by atoms with E-state index in [2.05, 4.69) is 57.9 Å². The van der Waals surface area contributed by atoms with E-state index in [0.717, 1.165) is 36.3 Å². The van der Waals surface area contributed by atoms with Crippen molar-refractivity contribution in [2.75, 3.05) is 31.4 Å². The number of carbonyl (C=O) groups excluding carboxylic acids is 1. The summed E-state index contributed by atoms with van der Waals surface area (Å²) in [6.45, 7) is 2.57. The van der Waals surface area contributed by atoms with Crippen molar-refractivity contribution in [1.29, 1.82) is 0 Å². The molecule has 7 heteroatoms. The molecule has 0 unspecified atom stereocenters. The zero-order chi connectivity index (χ0) is 23.5. The monoisotopic (exact) mass is 475 g/mol. The Kier molecular flexibility index (Phi) is 6.48. The fourth-order valence-electron chi connectivity index (χ4n) is 4.45. The van der Waals surface area contributed by atoms with Crippen LogP contribution in [0, 0.1) is 0 Å².